The molecule has 0 saturated carbocycles. The number of carbonyl (C=O) groups is 2. The molecule has 96 valence electrons. The molecular weight excluding hydrogens is 216 g/mol. The fraction of sp³-hybridized carbons (Fsp3) is 0.692. The lowest BCUT2D eigenvalue weighted by Crippen LogP contribution is -2.49. The lowest BCUT2D eigenvalue weighted by atomic mass is 10.0. The highest BCUT2D eigenvalue weighted by Gasteiger charge is 2.22. The van der Waals surface area contributed by atoms with Gasteiger partial charge in [0.15, 0.2) is 0 Å². The Kier molecular flexibility index (Phi) is 7.87. The van der Waals surface area contributed by atoms with Gasteiger partial charge in [-0.2, -0.15) is 0 Å². The molecule has 0 spiro atoms. The molecule has 0 saturated heterocycles. The second-order valence-corrected chi connectivity index (χ2v) is 4.37. The van der Waals surface area contributed by atoms with Crippen LogP contribution < -0.4 is 10.6 Å². The number of terminal acetylenes is 1. The minimum atomic E-state index is -0.458. The summed E-state index contributed by atoms with van der Waals surface area (Å²) in [4.78, 5) is 22.8. The summed E-state index contributed by atoms with van der Waals surface area (Å²) >= 11 is 0. The van der Waals surface area contributed by atoms with Gasteiger partial charge in [-0.25, -0.2) is 0 Å². The number of amides is 2. The molecule has 2 N–H and O–H groups in total. The molecule has 0 radical (unpaired) electrons. The molecule has 0 unspecified atom stereocenters. The topological polar surface area (TPSA) is 58.2 Å². The molecule has 0 aromatic heterocycles. The van der Waals surface area contributed by atoms with Gasteiger partial charge < -0.3 is 10.6 Å². The molecule has 0 aliphatic rings. The molecule has 4 heteroatoms. The van der Waals surface area contributed by atoms with Gasteiger partial charge in [0.1, 0.15) is 6.04 Å². The van der Waals surface area contributed by atoms with Crippen molar-refractivity contribution in [1.82, 2.24) is 10.6 Å². The van der Waals surface area contributed by atoms with Gasteiger partial charge in [-0.05, 0) is 18.8 Å². The van der Waals surface area contributed by atoms with Crippen molar-refractivity contribution < 1.29 is 9.59 Å². The Balaban J connectivity index is 3.99. The molecule has 0 fully saturated rings. The molecule has 0 aliphatic carbocycles. The van der Waals surface area contributed by atoms with E-state index < -0.39 is 6.04 Å². The average molecular weight is 238 g/mol. The molecule has 0 aliphatic heterocycles. The van der Waals surface area contributed by atoms with Crippen LogP contribution in [0.4, 0.5) is 0 Å². The second-order valence-electron chi connectivity index (χ2n) is 4.37. The molecular formula is C13H22N2O2. The van der Waals surface area contributed by atoms with E-state index in [9.17, 15) is 9.59 Å². The Hall–Kier alpha value is -1.50. The zero-order chi connectivity index (χ0) is 13.3. The monoisotopic (exact) mass is 238 g/mol. The highest BCUT2D eigenvalue weighted by molar-refractivity contribution is 5.86. The van der Waals surface area contributed by atoms with Gasteiger partial charge in [0.05, 0.1) is 0 Å². The second kappa shape index (κ2) is 8.63. The van der Waals surface area contributed by atoms with E-state index >= 15 is 0 Å². The van der Waals surface area contributed by atoms with Crippen molar-refractivity contribution in [1.29, 1.82) is 0 Å². The average Bonchev–Trinajstić information content (AvgIpc) is 2.24. The molecule has 0 aromatic carbocycles. The van der Waals surface area contributed by atoms with Gasteiger partial charge in [0.2, 0.25) is 11.8 Å². The fourth-order valence-electron chi connectivity index (χ4n) is 1.43. The molecule has 0 heterocycles. The van der Waals surface area contributed by atoms with Crippen LogP contribution in [0.2, 0.25) is 0 Å². The largest absolute Gasteiger partial charge is 0.354 e. The number of rotatable bonds is 7. The zero-order valence-electron chi connectivity index (χ0n) is 10.9. The summed E-state index contributed by atoms with van der Waals surface area (Å²) in [6.07, 6.45) is 7.63. The van der Waals surface area contributed by atoms with E-state index in [-0.39, 0.29) is 17.7 Å². The molecule has 0 rings (SSSR count). The first-order valence-electron chi connectivity index (χ1n) is 5.97. The van der Waals surface area contributed by atoms with Crippen molar-refractivity contribution in [3.05, 3.63) is 0 Å². The Labute approximate surface area is 104 Å². The summed E-state index contributed by atoms with van der Waals surface area (Å²) in [6.45, 7) is 5.82. The Morgan fingerprint density at radius 2 is 1.94 bits per heavy atom. The van der Waals surface area contributed by atoms with Crippen LogP contribution in [0.5, 0.6) is 0 Å². The number of carbonyl (C=O) groups excluding carboxylic acids is 2. The highest BCUT2D eigenvalue weighted by Crippen LogP contribution is 2.02. The van der Waals surface area contributed by atoms with Crippen molar-refractivity contribution in [3.63, 3.8) is 0 Å². The van der Waals surface area contributed by atoms with E-state index in [1.165, 1.54) is 6.92 Å². The third-order valence-corrected chi connectivity index (χ3v) is 2.36. The van der Waals surface area contributed by atoms with Crippen LogP contribution >= 0.6 is 0 Å². The van der Waals surface area contributed by atoms with E-state index in [0.29, 0.717) is 6.54 Å². The van der Waals surface area contributed by atoms with E-state index in [0.717, 1.165) is 19.3 Å². The van der Waals surface area contributed by atoms with Crippen LogP contribution in [0, 0.1) is 18.3 Å². The number of hydrogen-bond acceptors (Lipinski definition) is 2. The van der Waals surface area contributed by atoms with Crippen LogP contribution in [-0.4, -0.2) is 24.4 Å². The Morgan fingerprint density at radius 1 is 1.29 bits per heavy atom. The predicted octanol–water partition coefficient (Wildman–Crippen LogP) is 1.07. The van der Waals surface area contributed by atoms with Gasteiger partial charge in [0, 0.05) is 19.9 Å². The SMILES string of the molecule is C#CCCCCNC(=O)[C@@H](NC(C)=O)C(C)C. The summed E-state index contributed by atoms with van der Waals surface area (Å²) in [6, 6.07) is -0.458. The van der Waals surface area contributed by atoms with Gasteiger partial charge >= 0.3 is 0 Å². The number of hydrogen-bond donors (Lipinski definition) is 2. The predicted molar refractivity (Wildman–Crippen MR) is 68.1 cm³/mol. The standard InChI is InChI=1S/C13H22N2O2/c1-5-6-7-8-9-14-13(17)12(10(2)3)15-11(4)16/h1,10,12H,6-9H2,2-4H3,(H,14,17)(H,15,16)/t12-/m0/s1. The van der Waals surface area contributed by atoms with Crippen LogP contribution in [0.1, 0.15) is 40.0 Å². The van der Waals surface area contributed by atoms with Gasteiger partial charge in [-0.15, -0.1) is 12.3 Å². The van der Waals surface area contributed by atoms with Crippen molar-refractivity contribution in [2.24, 2.45) is 5.92 Å². The normalized spacial score (nSPS) is 11.7. The zero-order valence-corrected chi connectivity index (χ0v) is 10.9. The van der Waals surface area contributed by atoms with Crippen LogP contribution in [0.3, 0.4) is 0 Å². The maximum Gasteiger partial charge on any atom is 0.242 e. The van der Waals surface area contributed by atoms with E-state index in [1.807, 2.05) is 13.8 Å². The van der Waals surface area contributed by atoms with Crippen molar-refractivity contribution in [2.45, 2.75) is 46.1 Å². The molecule has 0 bridgehead atoms. The molecule has 17 heavy (non-hydrogen) atoms. The fourth-order valence-corrected chi connectivity index (χ4v) is 1.43. The highest BCUT2D eigenvalue weighted by atomic mass is 16.2. The first-order valence-corrected chi connectivity index (χ1v) is 5.97. The minimum Gasteiger partial charge on any atom is -0.354 e. The van der Waals surface area contributed by atoms with E-state index in [4.69, 9.17) is 6.42 Å². The van der Waals surface area contributed by atoms with Gasteiger partial charge in [0.25, 0.3) is 0 Å². The maximum absolute atomic E-state index is 11.8. The van der Waals surface area contributed by atoms with Crippen molar-refractivity contribution in [3.8, 4) is 12.3 Å². The Bertz CT molecular complexity index is 292. The summed E-state index contributed by atoms with van der Waals surface area (Å²) in [5.41, 5.74) is 0. The molecule has 0 aromatic rings. The third-order valence-electron chi connectivity index (χ3n) is 2.36. The van der Waals surface area contributed by atoms with Gasteiger partial charge in [-0.1, -0.05) is 13.8 Å². The van der Waals surface area contributed by atoms with E-state index in [2.05, 4.69) is 16.6 Å². The molecule has 2 amide bonds. The summed E-state index contributed by atoms with van der Waals surface area (Å²) in [7, 11) is 0. The minimum absolute atomic E-state index is 0.0737. The van der Waals surface area contributed by atoms with Crippen molar-refractivity contribution in [2.75, 3.05) is 6.54 Å². The van der Waals surface area contributed by atoms with Crippen LogP contribution in [0.15, 0.2) is 0 Å². The van der Waals surface area contributed by atoms with E-state index in [1.54, 1.807) is 0 Å². The summed E-state index contributed by atoms with van der Waals surface area (Å²) in [5, 5.41) is 5.45. The molecule has 4 nitrogen and oxygen atoms in total. The van der Waals surface area contributed by atoms with Crippen LogP contribution in [0.25, 0.3) is 0 Å². The quantitative estimate of drug-likeness (QED) is 0.515. The van der Waals surface area contributed by atoms with Crippen molar-refractivity contribution >= 4 is 11.8 Å². The third kappa shape index (κ3) is 7.40. The lowest BCUT2D eigenvalue weighted by molar-refractivity contribution is -0.129. The maximum atomic E-state index is 11.8. The van der Waals surface area contributed by atoms with Gasteiger partial charge in [-0.3, -0.25) is 9.59 Å². The number of nitrogens with one attached hydrogen (secondary N) is 2. The molecule has 1 atom stereocenters. The Morgan fingerprint density at radius 3 is 2.41 bits per heavy atom. The summed E-state index contributed by atoms with van der Waals surface area (Å²) in [5.74, 6) is 2.31. The van der Waals surface area contributed by atoms with Crippen LogP contribution in [-0.2, 0) is 9.59 Å². The number of unbranched alkanes of at least 4 members (excludes halogenated alkanes) is 2. The first-order chi connectivity index (χ1) is 7.99. The first kappa shape index (κ1) is 15.5. The lowest BCUT2D eigenvalue weighted by Gasteiger charge is -2.20. The smallest absolute Gasteiger partial charge is 0.242 e. The summed E-state index contributed by atoms with van der Waals surface area (Å²) < 4.78 is 0.